The number of halogens is 1. The normalized spacial score (nSPS) is 13.9. The molecule has 0 atom stereocenters. The average Bonchev–Trinajstić information content (AvgIpc) is 3.36. The molecule has 0 bridgehead atoms. The van der Waals surface area contributed by atoms with Gasteiger partial charge >= 0.3 is 6.09 Å². The van der Waals surface area contributed by atoms with Crippen LogP contribution in [0.1, 0.15) is 32.0 Å². The SMILES string of the molecule is Cc1ccc(-c2nn3c(c2-c2ccnc4[nH]ccc24)CN(C(=O)OC(C)(C)C)CC3)c(F)c1. The number of nitrogens with one attached hydrogen (secondary N) is 1. The Bertz CT molecular complexity index is 1370. The van der Waals surface area contributed by atoms with Crippen molar-refractivity contribution in [3.63, 3.8) is 0 Å². The van der Waals surface area contributed by atoms with E-state index < -0.39 is 5.60 Å². The number of aromatic nitrogens is 4. The van der Waals surface area contributed by atoms with E-state index in [4.69, 9.17) is 9.84 Å². The van der Waals surface area contributed by atoms with Crippen LogP contribution in [0, 0.1) is 12.7 Å². The van der Waals surface area contributed by atoms with Gasteiger partial charge in [0.25, 0.3) is 0 Å². The zero-order valence-electron chi connectivity index (χ0n) is 19.1. The smallest absolute Gasteiger partial charge is 0.410 e. The Morgan fingerprint density at radius 2 is 1.97 bits per heavy atom. The Labute approximate surface area is 191 Å². The van der Waals surface area contributed by atoms with Gasteiger partial charge in [0.1, 0.15) is 22.8 Å². The third-order valence-corrected chi connectivity index (χ3v) is 5.74. The number of hydrogen-bond donors (Lipinski definition) is 1. The zero-order chi connectivity index (χ0) is 23.3. The van der Waals surface area contributed by atoms with Crippen LogP contribution in [0.15, 0.2) is 42.7 Å². The van der Waals surface area contributed by atoms with Gasteiger partial charge in [0.2, 0.25) is 0 Å². The first-order chi connectivity index (χ1) is 15.7. The first-order valence-corrected chi connectivity index (χ1v) is 11.0. The fourth-order valence-electron chi connectivity index (χ4n) is 4.26. The van der Waals surface area contributed by atoms with Crippen molar-refractivity contribution in [3.05, 3.63) is 59.8 Å². The minimum atomic E-state index is -0.587. The fraction of sp³-hybridized carbons (Fsp3) is 0.320. The highest BCUT2D eigenvalue weighted by molar-refractivity contribution is 5.98. The Morgan fingerprint density at radius 3 is 2.73 bits per heavy atom. The van der Waals surface area contributed by atoms with Crippen LogP contribution in [0.4, 0.5) is 9.18 Å². The van der Waals surface area contributed by atoms with Gasteiger partial charge in [-0.25, -0.2) is 14.2 Å². The molecule has 3 aromatic heterocycles. The number of rotatable bonds is 2. The Hall–Kier alpha value is -3.68. The second-order valence-corrected chi connectivity index (χ2v) is 9.38. The number of carbonyl (C=O) groups excluding carboxylic acids is 1. The van der Waals surface area contributed by atoms with Crippen molar-refractivity contribution >= 4 is 17.1 Å². The van der Waals surface area contributed by atoms with E-state index in [9.17, 15) is 4.79 Å². The number of carbonyl (C=O) groups is 1. The topological polar surface area (TPSA) is 76.0 Å². The van der Waals surface area contributed by atoms with E-state index in [2.05, 4.69) is 9.97 Å². The van der Waals surface area contributed by atoms with Crippen molar-refractivity contribution in [2.75, 3.05) is 6.54 Å². The van der Waals surface area contributed by atoms with Crippen molar-refractivity contribution in [1.29, 1.82) is 0 Å². The lowest BCUT2D eigenvalue weighted by Gasteiger charge is -2.30. The number of nitrogens with zero attached hydrogens (tertiary/aromatic N) is 4. The molecule has 33 heavy (non-hydrogen) atoms. The van der Waals surface area contributed by atoms with Gasteiger partial charge in [0.05, 0.1) is 18.8 Å². The van der Waals surface area contributed by atoms with E-state index >= 15 is 4.39 Å². The van der Waals surface area contributed by atoms with Crippen LogP contribution in [0.5, 0.6) is 0 Å². The van der Waals surface area contributed by atoms with Crippen molar-refractivity contribution in [1.82, 2.24) is 24.6 Å². The predicted octanol–water partition coefficient (Wildman–Crippen LogP) is 5.29. The summed E-state index contributed by atoms with van der Waals surface area (Å²) in [7, 11) is 0. The minimum absolute atomic E-state index is 0.318. The molecule has 1 aromatic carbocycles. The van der Waals surface area contributed by atoms with Crippen molar-refractivity contribution in [3.8, 4) is 22.4 Å². The number of fused-ring (bicyclic) bond motifs is 2. The zero-order valence-corrected chi connectivity index (χ0v) is 19.1. The molecule has 1 aliphatic rings. The number of pyridine rings is 1. The highest BCUT2D eigenvalue weighted by Crippen LogP contribution is 2.40. The van der Waals surface area contributed by atoms with Gasteiger partial charge in [-0.05, 0) is 63.1 Å². The Morgan fingerprint density at radius 1 is 1.15 bits per heavy atom. The molecule has 8 heteroatoms. The highest BCUT2D eigenvalue weighted by Gasteiger charge is 2.31. The molecule has 1 amide bonds. The van der Waals surface area contributed by atoms with Crippen molar-refractivity contribution < 1.29 is 13.9 Å². The third kappa shape index (κ3) is 3.86. The summed E-state index contributed by atoms with van der Waals surface area (Å²) < 4.78 is 22.6. The molecule has 4 aromatic rings. The van der Waals surface area contributed by atoms with Crippen LogP contribution < -0.4 is 0 Å². The lowest BCUT2D eigenvalue weighted by Crippen LogP contribution is -2.41. The summed E-state index contributed by atoms with van der Waals surface area (Å²) in [5.74, 6) is -0.324. The second kappa shape index (κ2) is 7.72. The summed E-state index contributed by atoms with van der Waals surface area (Å²) in [5.41, 5.74) is 4.52. The van der Waals surface area contributed by atoms with E-state index in [1.165, 1.54) is 6.07 Å². The van der Waals surface area contributed by atoms with Crippen LogP contribution in [0.2, 0.25) is 0 Å². The van der Waals surface area contributed by atoms with Gasteiger partial charge < -0.3 is 14.6 Å². The summed E-state index contributed by atoms with van der Waals surface area (Å²) in [5, 5.41) is 5.73. The molecule has 4 heterocycles. The number of aryl methyl sites for hydroxylation is 1. The molecule has 0 spiro atoms. The number of aromatic amines is 1. The van der Waals surface area contributed by atoms with Crippen LogP contribution in [0.25, 0.3) is 33.4 Å². The van der Waals surface area contributed by atoms with Crippen molar-refractivity contribution in [2.24, 2.45) is 0 Å². The molecule has 0 radical (unpaired) electrons. The molecule has 7 nitrogen and oxygen atoms in total. The van der Waals surface area contributed by atoms with Gasteiger partial charge in [0, 0.05) is 35.5 Å². The van der Waals surface area contributed by atoms with Crippen LogP contribution in [-0.4, -0.2) is 42.9 Å². The lowest BCUT2D eigenvalue weighted by molar-refractivity contribution is 0.0195. The summed E-state index contributed by atoms with van der Waals surface area (Å²) in [6.45, 7) is 8.69. The van der Waals surface area contributed by atoms with Gasteiger partial charge in [-0.3, -0.25) is 4.68 Å². The summed E-state index contributed by atoms with van der Waals surface area (Å²) in [6, 6.07) is 9.03. The molecular formula is C25H26FN5O2. The molecule has 0 fully saturated rings. The largest absolute Gasteiger partial charge is 0.444 e. The molecule has 5 rings (SSSR count). The average molecular weight is 448 g/mol. The van der Waals surface area contributed by atoms with E-state index in [0.717, 1.165) is 33.4 Å². The Balaban J connectivity index is 1.69. The molecule has 0 aliphatic carbocycles. The first kappa shape index (κ1) is 21.2. The quantitative estimate of drug-likeness (QED) is 0.453. The maximum atomic E-state index is 15.1. The van der Waals surface area contributed by atoms with E-state index in [1.807, 2.05) is 56.8 Å². The number of ether oxygens (including phenoxy) is 1. The highest BCUT2D eigenvalue weighted by atomic mass is 19.1. The second-order valence-electron chi connectivity index (χ2n) is 9.38. The van der Waals surface area contributed by atoms with Crippen molar-refractivity contribution in [2.45, 2.75) is 46.4 Å². The maximum Gasteiger partial charge on any atom is 0.410 e. The minimum Gasteiger partial charge on any atom is -0.444 e. The summed E-state index contributed by atoms with van der Waals surface area (Å²) in [4.78, 5) is 22.0. The summed E-state index contributed by atoms with van der Waals surface area (Å²) >= 11 is 0. The number of H-pyrrole nitrogens is 1. The fourth-order valence-corrected chi connectivity index (χ4v) is 4.26. The van der Waals surface area contributed by atoms with Gasteiger partial charge in [-0.2, -0.15) is 5.10 Å². The van der Waals surface area contributed by atoms with Crippen LogP contribution >= 0.6 is 0 Å². The van der Waals surface area contributed by atoms with Gasteiger partial charge in [-0.15, -0.1) is 0 Å². The molecule has 1 N–H and O–H groups in total. The van der Waals surface area contributed by atoms with Crippen LogP contribution in [0.3, 0.4) is 0 Å². The predicted molar refractivity (Wildman–Crippen MR) is 124 cm³/mol. The monoisotopic (exact) mass is 447 g/mol. The molecular weight excluding hydrogens is 421 g/mol. The number of amides is 1. The molecule has 1 aliphatic heterocycles. The van der Waals surface area contributed by atoms with Gasteiger partial charge in [0.15, 0.2) is 0 Å². The van der Waals surface area contributed by atoms with E-state index in [1.54, 1.807) is 17.2 Å². The van der Waals surface area contributed by atoms with E-state index in [0.29, 0.717) is 30.9 Å². The van der Waals surface area contributed by atoms with E-state index in [-0.39, 0.29) is 11.9 Å². The van der Waals surface area contributed by atoms with Gasteiger partial charge in [-0.1, -0.05) is 6.07 Å². The lowest BCUT2D eigenvalue weighted by atomic mass is 9.96. The van der Waals surface area contributed by atoms with Crippen LogP contribution in [-0.2, 0) is 17.8 Å². The first-order valence-electron chi connectivity index (χ1n) is 11.0. The molecule has 170 valence electrons. The number of benzene rings is 1. The number of hydrogen-bond acceptors (Lipinski definition) is 4. The maximum absolute atomic E-state index is 15.1. The molecule has 0 unspecified atom stereocenters. The molecule has 0 saturated carbocycles. The third-order valence-electron chi connectivity index (χ3n) is 5.74. The Kier molecular flexibility index (Phi) is 4.96. The molecule has 0 saturated heterocycles. The summed E-state index contributed by atoms with van der Waals surface area (Å²) in [6.07, 6.45) is 3.18. The standard InChI is InChI=1S/C25H26FN5O2/c1-15-5-6-18(19(26)13-15)22-21(16-7-9-27-23-17(16)8-10-28-23)20-14-30(11-12-31(20)29-22)24(32)33-25(2,3)4/h5-10,13H,11-12,14H2,1-4H3,(H,27,28).